The van der Waals surface area contributed by atoms with Crippen LogP contribution >= 0.6 is 0 Å². The van der Waals surface area contributed by atoms with Crippen LogP contribution in [0.5, 0.6) is 0 Å². The lowest BCUT2D eigenvalue weighted by molar-refractivity contribution is 0.156. The molecule has 0 amide bonds. The minimum atomic E-state index is -0.667. The minimum Gasteiger partial charge on any atom is -0.425 e. The Morgan fingerprint density at radius 2 is 1.84 bits per heavy atom. The fraction of sp³-hybridized carbons (Fsp3) is 0.643. The zero-order chi connectivity index (χ0) is 14.4. The molecule has 1 saturated carbocycles. The Bertz CT molecular complexity index is 446. The topological polar surface area (TPSA) is 88.5 Å². The largest absolute Gasteiger partial charge is 0.425 e. The molecule has 0 aliphatic heterocycles. The Labute approximate surface area is 113 Å². The van der Waals surface area contributed by atoms with Gasteiger partial charge in [-0.25, -0.2) is 0 Å². The molecular formula is C14H24N2O3. The van der Waals surface area contributed by atoms with Crippen molar-refractivity contribution in [3.05, 3.63) is 33.7 Å². The molecule has 0 spiro atoms. The quantitative estimate of drug-likeness (QED) is 0.534. The molecule has 1 atom stereocenters. The Morgan fingerprint density at radius 3 is 2.37 bits per heavy atom. The second kappa shape index (κ2) is 7.31. The molecule has 5 heteroatoms. The van der Waals surface area contributed by atoms with E-state index in [2.05, 4.69) is 5.73 Å². The summed E-state index contributed by atoms with van der Waals surface area (Å²) in [7, 11) is 0. The van der Waals surface area contributed by atoms with Gasteiger partial charge < -0.3 is 16.0 Å². The molecule has 1 heterocycles. The molecule has 4 N–H and O–H groups in total. The SMILES string of the molecule is CC(N)O.Cc1cc(C2CCCCC2)n(O)c(=O)c1. The molecule has 1 aliphatic carbocycles. The number of nitrogens with zero attached hydrogens (tertiary/aromatic N) is 1. The van der Waals surface area contributed by atoms with E-state index in [0.717, 1.165) is 28.8 Å². The summed E-state index contributed by atoms with van der Waals surface area (Å²) in [6.07, 6.45) is 5.19. The molecule has 1 aromatic heterocycles. The molecule has 1 aromatic rings. The predicted molar refractivity (Wildman–Crippen MR) is 74.3 cm³/mol. The molecule has 1 unspecified atom stereocenters. The maximum atomic E-state index is 11.4. The van der Waals surface area contributed by atoms with Gasteiger partial charge in [0, 0.05) is 12.0 Å². The third kappa shape index (κ3) is 5.04. The van der Waals surface area contributed by atoms with E-state index in [9.17, 15) is 10.0 Å². The van der Waals surface area contributed by atoms with Crippen LogP contribution in [0, 0.1) is 6.92 Å². The summed E-state index contributed by atoms with van der Waals surface area (Å²) >= 11 is 0. The Kier molecular flexibility index (Phi) is 6.05. The molecule has 108 valence electrons. The van der Waals surface area contributed by atoms with Gasteiger partial charge in [-0.15, -0.1) is 0 Å². The first-order valence-corrected chi connectivity index (χ1v) is 6.78. The number of aromatic nitrogens is 1. The molecule has 2 rings (SSSR count). The average Bonchev–Trinajstić information content (AvgIpc) is 2.34. The van der Waals surface area contributed by atoms with Crippen molar-refractivity contribution in [2.24, 2.45) is 5.73 Å². The number of nitrogens with two attached hydrogens (primary N) is 1. The lowest BCUT2D eigenvalue weighted by Crippen LogP contribution is -2.23. The first-order valence-electron chi connectivity index (χ1n) is 6.78. The summed E-state index contributed by atoms with van der Waals surface area (Å²) < 4.78 is 0.822. The zero-order valence-corrected chi connectivity index (χ0v) is 11.7. The minimum absolute atomic E-state index is 0.310. The standard InChI is InChI=1S/C12H17NO2.C2H7NO/c1-9-7-11(13(15)12(14)8-9)10-5-3-2-4-6-10;1-2(3)4/h7-8,10,15H,2-6H2,1H3;2,4H,3H2,1H3. The van der Waals surface area contributed by atoms with Crippen molar-refractivity contribution in [2.75, 3.05) is 0 Å². The van der Waals surface area contributed by atoms with E-state index < -0.39 is 6.23 Å². The molecule has 1 fully saturated rings. The van der Waals surface area contributed by atoms with Crippen LogP contribution in [0.1, 0.15) is 56.2 Å². The molecule has 0 bridgehead atoms. The fourth-order valence-electron chi connectivity index (χ4n) is 2.41. The lowest BCUT2D eigenvalue weighted by Gasteiger charge is -2.22. The number of aryl methyl sites for hydroxylation is 1. The van der Waals surface area contributed by atoms with Gasteiger partial charge in [-0.3, -0.25) is 4.79 Å². The van der Waals surface area contributed by atoms with Crippen molar-refractivity contribution in [1.82, 2.24) is 4.73 Å². The van der Waals surface area contributed by atoms with E-state index in [0.29, 0.717) is 5.92 Å². The van der Waals surface area contributed by atoms with Crippen molar-refractivity contribution in [2.45, 2.75) is 58.1 Å². The van der Waals surface area contributed by atoms with Crippen LogP contribution in [0.3, 0.4) is 0 Å². The van der Waals surface area contributed by atoms with Gasteiger partial charge in [-0.05, 0) is 38.3 Å². The van der Waals surface area contributed by atoms with Crippen LogP contribution in [-0.4, -0.2) is 21.3 Å². The second-order valence-electron chi connectivity index (χ2n) is 5.18. The van der Waals surface area contributed by atoms with E-state index in [1.165, 1.54) is 32.3 Å². The number of rotatable bonds is 1. The van der Waals surface area contributed by atoms with Gasteiger partial charge in [0.15, 0.2) is 0 Å². The van der Waals surface area contributed by atoms with Crippen LogP contribution in [0.15, 0.2) is 16.9 Å². The summed E-state index contributed by atoms with van der Waals surface area (Å²) in [5.41, 5.74) is 6.08. The van der Waals surface area contributed by atoms with Gasteiger partial charge >= 0.3 is 0 Å². The molecule has 19 heavy (non-hydrogen) atoms. The second-order valence-corrected chi connectivity index (χ2v) is 5.18. The summed E-state index contributed by atoms with van der Waals surface area (Å²) in [4.78, 5) is 11.4. The highest BCUT2D eigenvalue weighted by atomic mass is 16.5. The summed E-state index contributed by atoms with van der Waals surface area (Å²) in [6, 6.07) is 3.39. The summed E-state index contributed by atoms with van der Waals surface area (Å²) in [6.45, 7) is 3.40. The van der Waals surface area contributed by atoms with Crippen molar-refractivity contribution in [3.8, 4) is 0 Å². The number of aliphatic hydroxyl groups is 1. The maximum absolute atomic E-state index is 11.4. The van der Waals surface area contributed by atoms with Gasteiger partial charge in [0.2, 0.25) is 0 Å². The Hall–Kier alpha value is -1.33. The number of hydrogen-bond donors (Lipinski definition) is 3. The molecule has 0 radical (unpaired) electrons. The molecule has 5 nitrogen and oxygen atoms in total. The first kappa shape index (κ1) is 15.7. The smallest absolute Gasteiger partial charge is 0.283 e. The van der Waals surface area contributed by atoms with Crippen LogP contribution in [0.25, 0.3) is 0 Å². The van der Waals surface area contributed by atoms with E-state index in [4.69, 9.17) is 5.11 Å². The van der Waals surface area contributed by atoms with Crippen molar-refractivity contribution < 1.29 is 10.3 Å². The van der Waals surface area contributed by atoms with Gasteiger partial charge in [0.25, 0.3) is 5.56 Å². The van der Waals surface area contributed by atoms with Crippen molar-refractivity contribution >= 4 is 0 Å². The van der Waals surface area contributed by atoms with Gasteiger partial charge in [-0.1, -0.05) is 19.3 Å². The van der Waals surface area contributed by atoms with Gasteiger partial charge in [0.1, 0.15) is 0 Å². The van der Waals surface area contributed by atoms with E-state index in [1.54, 1.807) is 0 Å². The van der Waals surface area contributed by atoms with Gasteiger partial charge in [0.05, 0.1) is 11.9 Å². The van der Waals surface area contributed by atoms with Crippen molar-refractivity contribution in [1.29, 1.82) is 0 Å². The summed E-state index contributed by atoms with van der Waals surface area (Å²) in [5, 5.41) is 17.5. The highest BCUT2D eigenvalue weighted by molar-refractivity contribution is 5.19. The third-order valence-electron chi connectivity index (χ3n) is 3.20. The maximum Gasteiger partial charge on any atom is 0.283 e. The molecular weight excluding hydrogens is 244 g/mol. The van der Waals surface area contributed by atoms with Crippen molar-refractivity contribution in [3.63, 3.8) is 0 Å². The van der Waals surface area contributed by atoms with E-state index in [-0.39, 0.29) is 5.56 Å². The zero-order valence-electron chi connectivity index (χ0n) is 11.7. The van der Waals surface area contributed by atoms with E-state index in [1.807, 2.05) is 13.0 Å². The van der Waals surface area contributed by atoms with Crippen LogP contribution < -0.4 is 11.3 Å². The number of aliphatic hydroxyl groups excluding tert-OH is 1. The average molecular weight is 268 g/mol. The fourth-order valence-corrected chi connectivity index (χ4v) is 2.41. The van der Waals surface area contributed by atoms with Crippen LogP contribution in [-0.2, 0) is 0 Å². The predicted octanol–water partition coefficient (Wildman–Crippen LogP) is 1.73. The summed E-state index contributed by atoms with van der Waals surface area (Å²) in [5.74, 6) is 0.358. The highest BCUT2D eigenvalue weighted by Gasteiger charge is 2.19. The molecule has 0 saturated heterocycles. The third-order valence-corrected chi connectivity index (χ3v) is 3.20. The Balaban J connectivity index is 0.000000399. The first-order chi connectivity index (χ1) is 8.91. The number of hydrogen-bond acceptors (Lipinski definition) is 4. The Morgan fingerprint density at radius 1 is 1.32 bits per heavy atom. The lowest BCUT2D eigenvalue weighted by atomic mass is 9.86. The van der Waals surface area contributed by atoms with E-state index >= 15 is 0 Å². The van der Waals surface area contributed by atoms with Crippen LogP contribution in [0.2, 0.25) is 0 Å². The van der Waals surface area contributed by atoms with Gasteiger partial charge in [-0.2, -0.15) is 4.73 Å². The molecule has 0 aromatic carbocycles. The molecule has 1 aliphatic rings. The monoisotopic (exact) mass is 268 g/mol. The van der Waals surface area contributed by atoms with Crippen LogP contribution in [0.4, 0.5) is 0 Å². The normalized spacial score (nSPS) is 17.5. The number of pyridine rings is 1. The highest BCUT2D eigenvalue weighted by Crippen LogP contribution is 2.31.